The van der Waals surface area contributed by atoms with Gasteiger partial charge in [-0.1, -0.05) is 19.1 Å². The SMILES string of the molecule is CCCOc1ccc(C2(O)CCC(C(=O)OC)CC2)cc1. The molecule has 2 rings (SSSR count). The lowest BCUT2D eigenvalue weighted by Gasteiger charge is -2.35. The number of carbonyl (C=O) groups is 1. The molecule has 1 N–H and O–H groups in total. The summed E-state index contributed by atoms with van der Waals surface area (Å²) in [6.07, 6.45) is 3.47. The second-order valence-corrected chi connectivity index (χ2v) is 5.70. The molecular formula is C17H24O4. The first-order valence-electron chi connectivity index (χ1n) is 7.62. The predicted molar refractivity (Wildman–Crippen MR) is 80.1 cm³/mol. The zero-order chi connectivity index (χ0) is 15.3. The van der Waals surface area contributed by atoms with Crippen LogP contribution in [0.2, 0.25) is 0 Å². The Balaban J connectivity index is 1.99. The van der Waals surface area contributed by atoms with Crippen molar-refractivity contribution in [1.29, 1.82) is 0 Å². The topological polar surface area (TPSA) is 55.8 Å². The molecule has 1 aliphatic rings. The maximum Gasteiger partial charge on any atom is 0.308 e. The number of methoxy groups -OCH3 is 1. The molecule has 0 amide bonds. The summed E-state index contributed by atoms with van der Waals surface area (Å²) in [5.74, 6) is 0.579. The summed E-state index contributed by atoms with van der Waals surface area (Å²) in [7, 11) is 1.41. The Morgan fingerprint density at radius 3 is 2.43 bits per heavy atom. The van der Waals surface area contributed by atoms with E-state index in [1.54, 1.807) is 0 Å². The molecule has 4 nitrogen and oxygen atoms in total. The van der Waals surface area contributed by atoms with Crippen molar-refractivity contribution in [2.24, 2.45) is 5.92 Å². The highest BCUT2D eigenvalue weighted by atomic mass is 16.5. The molecule has 1 aromatic rings. The fourth-order valence-corrected chi connectivity index (χ4v) is 2.87. The standard InChI is InChI=1S/C17H24O4/c1-3-12-21-15-6-4-14(5-7-15)17(19)10-8-13(9-11-17)16(18)20-2/h4-7,13,19H,3,8-12H2,1-2H3. The molecule has 0 spiro atoms. The molecule has 0 atom stereocenters. The molecule has 116 valence electrons. The second-order valence-electron chi connectivity index (χ2n) is 5.70. The first-order chi connectivity index (χ1) is 10.1. The van der Waals surface area contributed by atoms with Gasteiger partial charge in [0, 0.05) is 0 Å². The van der Waals surface area contributed by atoms with Crippen LogP contribution in [0.15, 0.2) is 24.3 Å². The van der Waals surface area contributed by atoms with Crippen molar-refractivity contribution in [3.63, 3.8) is 0 Å². The summed E-state index contributed by atoms with van der Waals surface area (Å²) in [6, 6.07) is 7.64. The number of rotatable bonds is 5. The van der Waals surface area contributed by atoms with Gasteiger partial charge in [0.25, 0.3) is 0 Å². The van der Waals surface area contributed by atoms with Crippen molar-refractivity contribution in [3.8, 4) is 5.75 Å². The molecule has 0 aliphatic heterocycles. The Kier molecular flexibility index (Phi) is 5.23. The molecule has 4 heteroatoms. The zero-order valence-electron chi connectivity index (χ0n) is 12.8. The average Bonchev–Trinajstić information content (AvgIpc) is 2.53. The lowest BCUT2D eigenvalue weighted by molar-refractivity contribution is -0.148. The number of carbonyl (C=O) groups excluding carboxylic acids is 1. The van der Waals surface area contributed by atoms with Crippen molar-refractivity contribution in [2.75, 3.05) is 13.7 Å². The first-order valence-corrected chi connectivity index (χ1v) is 7.62. The Bertz CT molecular complexity index is 458. The Labute approximate surface area is 126 Å². The Morgan fingerprint density at radius 1 is 1.29 bits per heavy atom. The number of hydrogen-bond acceptors (Lipinski definition) is 4. The summed E-state index contributed by atoms with van der Waals surface area (Å²) in [5, 5.41) is 10.8. The van der Waals surface area contributed by atoms with Crippen molar-refractivity contribution in [2.45, 2.75) is 44.6 Å². The van der Waals surface area contributed by atoms with Gasteiger partial charge in [-0.3, -0.25) is 4.79 Å². The van der Waals surface area contributed by atoms with Crippen molar-refractivity contribution < 1.29 is 19.4 Å². The molecule has 0 saturated heterocycles. The average molecular weight is 292 g/mol. The molecule has 1 aromatic carbocycles. The highest BCUT2D eigenvalue weighted by Crippen LogP contribution is 2.40. The van der Waals surface area contributed by atoms with E-state index >= 15 is 0 Å². The van der Waals surface area contributed by atoms with Crippen LogP contribution in [-0.2, 0) is 15.1 Å². The Hall–Kier alpha value is -1.55. The minimum absolute atomic E-state index is 0.0811. The van der Waals surface area contributed by atoms with Crippen LogP contribution in [0, 0.1) is 5.92 Å². The minimum Gasteiger partial charge on any atom is -0.494 e. The quantitative estimate of drug-likeness (QED) is 0.848. The monoisotopic (exact) mass is 292 g/mol. The molecule has 0 aromatic heterocycles. The number of benzene rings is 1. The molecule has 1 saturated carbocycles. The van der Waals surface area contributed by atoms with Gasteiger partial charge in [0.1, 0.15) is 5.75 Å². The van der Waals surface area contributed by atoms with Gasteiger partial charge in [-0.25, -0.2) is 0 Å². The van der Waals surface area contributed by atoms with Crippen LogP contribution >= 0.6 is 0 Å². The van der Waals surface area contributed by atoms with Crippen LogP contribution in [0.25, 0.3) is 0 Å². The lowest BCUT2D eigenvalue weighted by atomic mass is 9.75. The van der Waals surface area contributed by atoms with Crippen LogP contribution in [0.4, 0.5) is 0 Å². The normalized spacial score (nSPS) is 25.4. The van der Waals surface area contributed by atoms with Crippen molar-refractivity contribution >= 4 is 5.97 Å². The van der Waals surface area contributed by atoms with E-state index in [0.717, 1.165) is 17.7 Å². The maximum absolute atomic E-state index is 11.5. The van der Waals surface area contributed by atoms with E-state index in [-0.39, 0.29) is 11.9 Å². The minimum atomic E-state index is -0.839. The summed E-state index contributed by atoms with van der Waals surface area (Å²) in [5.41, 5.74) is 0.0584. The van der Waals surface area contributed by atoms with Crippen LogP contribution in [0.1, 0.15) is 44.6 Å². The second kappa shape index (κ2) is 6.94. The zero-order valence-corrected chi connectivity index (χ0v) is 12.8. The molecule has 1 aliphatic carbocycles. The van der Waals surface area contributed by atoms with Gasteiger partial charge < -0.3 is 14.6 Å². The lowest BCUT2D eigenvalue weighted by Crippen LogP contribution is -2.34. The summed E-state index contributed by atoms with van der Waals surface area (Å²) >= 11 is 0. The molecule has 0 heterocycles. The van der Waals surface area contributed by atoms with Crippen LogP contribution in [0.3, 0.4) is 0 Å². The van der Waals surface area contributed by atoms with Crippen LogP contribution in [-0.4, -0.2) is 24.8 Å². The van der Waals surface area contributed by atoms with Gasteiger partial charge in [-0.05, 0) is 49.8 Å². The number of esters is 1. The third-order valence-electron chi connectivity index (χ3n) is 4.21. The fourth-order valence-electron chi connectivity index (χ4n) is 2.87. The largest absolute Gasteiger partial charge is 0.494 e. The van der Waals surface area contributed by atoms with Crippen LogP contribution in [0.5, 0.6) is 5.75 Å². The van der Waals surface area contributed by atoms with Crippen molar-refractivity contribution in [1.82, 2.24) is 0 Å². The molecule has 21 heavy (non-hydrogen) atoms. The summed E-state index contributed by atoms with van der Waals surface area (Å²) in [4.78, 5) is 11.5. The molecular weight excluding hydrogens is 268 g/mol. The Morgan fingerprint density at radius 2 is 1.90 bits per heavy atom. The van der Waals surface area contributed by atoms with Gasteiger partial charge in [0.2, 0.25) is 0 Å². The maximum atomic E-state index is 11.5. The number of ether oxygens (including phenoxy) is 2. The van der Waals surface area contributed by atoms with Gasteiger partial charge in [-0.2, -0.15) is 0 Å². The third kappa shape index (κ3) is 3.76. The van der Waals surface area contributed by atoms with E-state index in [0.29, 0.717) is 32.3 Å². The van der Waals surface area contributed by atoms with E-state index < -0.39 is 5.60 Å². The molecule has 0 bridgehead atoms. The van der Waals surface area contributed by atoms with Gasteiger partial charge in [0.15, 0.2) is 0 Å². The van der Waals surface area contributed by atoms with Crippen molar-refractivity contribution in [3.05, 3.63) is 29.8 Å². The highest BCUT2D eigenvalue weighted by Gasteiger charge is 2.37. The fraction of sp³-hybridized carbons (Fsp3) is 0.588. The smallest absolute Gasteiger partial charge is 0.308 e. The third-order valence-corrected chi connectivity index (χ3v) is 4.21. The van der Waals surface area contributed by atoms with Crippen LogP contribution < -0.4 is 4.74 Å². The van der Waals surface area contributed by atoms with E-state index in [1.165, 1.54) is 7.11 Å². The number of aliphatic hydroxyl groups is 1. The summed E-state index contributed by atoms with van der Waals surface area (Å²) in [6.45, 7) is 2.77. The first kappa shape index (κ1) is 15.8. The molecule has 1 fully saturated rings. The van der Waals surface area contributed by atoms with E-state index in [9.17, 15) is 9.90 Å². The molecule has 0 unspecified atom stereocenters. The number of hydrogen-bond donors (Lipinski definition) is 1. The molecule has 0 radical (unpaired) electrons. The van der Waals surface area contributed by atoms with Gasteiger partial charge in [0.05, 0.1) is 25.2 Å². The van der Waals surface area contributed by atoms with E-state index in [4.69, 9.17) is 9.47 Å². The van der Waals surface area contributed by atoms with E-state index in [1.807, 2.05) is 24.3 Å². The van der Waals surface area contributed by atoms with Gasteiger partial charge in [-0.15, -0.1) is 0 Å². The highest BCUT2D eigenvalue weighted by molar-refractivity contribution is 5.72. The van der Waals surface area contributed by atoms with E-state index in [2.05, 4.69) is 6.92 Å². The summed E-state index contributed by atoms with van der Waals surface area (Å²) < 4.78 is 10.3. The predicted octanol–water partition coefficient (Wildman–Crippen LogP) is 3.03. The van der Waals surface area contributed by atoms with Gasteiger partial charge >= 0.3 is 5.97 Å².